The molecule has 6 nitrogen and oxygen atoms in total. The van der Waals surface area contributed by atoms with Crippen LogP contribution in [0.3, 0.4) is 0 Å². The summed E-state index contributed by atoms with van der Waals surface area (Å²) in [4.78, 5) is 27.0. The number of carboxylic acids is 1. The van der Waals surface area contributed by atoms with Crippen LogP contribution in [-0.4, -0.2) is 66.6 Å². The summed E-state index contributed by atoms with van der Waals surface area (Å²) in [5.74, 6) is -1.62. The third-order valence-electron chi connectivity index (χ3n) is 4.40. The Morgan fingerprint density at radius 2 is 2.12 bits per heavy atom. The Balaban J connectivity index is 2.09. The van der Waals surface area contributed by atoms with Gasteiger partial charge >= 0.3 is 5.97 Å². The Morgan fingerprint density at radius 3 is 2.79 bits per heavy atom. The summed E-state index contributed by atoms with van der Waals surface area (Å²) in [6.45, 7) is 0.957. The quantitative estimate of drug-likeness (QED) is 0.887. The van der Waals surface area contributed by atoms with E-state index >= 15 is 0 Å². The molecule has 0 aromatic heterocycles. The number of hydrogen-bond acceptors (Lipinski definition) is 4. The van der Waals surface area contributed by atoms with Gasteiger partial charge in [-0.1, -0.05) is 6.07 Å². The van der Waals surface area contributed by atoms with Crippen molar-refractivity contribution in [2.45, 2.75) is 25.3 Å². The van der Waals surface area contributed by atoms with Gasteiger partial charge < -0.3 is 14.7 Å². The van der Waals surface area contributed by atoms with Gasteiger partial charge in [0.1, 0.15) is 17.1 Å². The first kappa shape index (κ1) is 18.2. The highest BCUT2D eigenvalue weighted by Gasteiger charge is 2.27. The van der Waals surface area contributed by atoms with Crippen LogP contribution in [0.5, 0.6) is 5.75 Å². The fourth-order valence-electron chi connectivity index (χ4n) is 3.11. The predicted molar refractivity (Wildman–Crippen MR) is 86.8 cm³/mol. The van der Waals surface area contributed by atoms with Crippen molar-refractivity contribution in [3.8, 4) is 5.75 Å². The number of benzene rings is 1. The van der Waals surface area contributed by atoms with Crippen LogP contribution in [0.2, 0.25) is 0 Å². The first-order valence-electron chi connectivity index (χ1n) is 7.97. The SMILES string of the molecule is COc1cccc(F)c1C(=O)N1CCCC(N(C)CC(=O)O)CC1. The number of carbonyl (C=O) groups is 2. The van der Waals surface area contributed by atoms with E-state index in [-0.39, 0.29) is 29.8 Å². The van der Waals surface area contributed by atoms with E-state index in [1.165, 1.54) is 19.2 Å². The molecule has 2 rings (SSSR count). The molecule has 1 aliphatic rings. The zero-order chi connectivity index (χ0) is 17.7. The lowest BCUT2D eigenvalue weighted by Crippen LogP contribution is -2.37. The topological polar surface area (TPSA) is 70.1 Å². The van der Waals surface area contributed by atoms with E-state index in [4.69, 9.17) is 9.84 Å². The molecule has 1 atom stereocenters. The van der Waals surface area contributed by atoms with Crippen molar-refractivity contribution in [3.63, 3.8) is 0 Å². The first-order chi connectivity index (χ1) is 11.4. The average molecular weight is 338 g/mol. The van der Waals surface area contributed by atoms with Crippen LogP contribution < -0.4 is 4.74 Å². The van der Waals surface area contributed by atoms with Gasteiger partial charge in [0.05, 0.1) is 13.7 Å². The van der Waals surface area contributed by atoms with Crippen molar-refractivity contribution >= 4 is 11.9 Å². The highest BCUT2D eigenvalue weighted by atomic mass is 19.1. The number of ether oxygens (including phenoxy) is 1. The fourth-order valence-corrected chi connectivity index (χ4v) is 3.11. The van der Waals surface area contributed by atoms with Gasteiger partial charge in [-0.3, -0.25) is 14.5 Å². The smallest absolute Gasteiger partial charge is 0.317 e. The maximum atomic E-state index is 14.1. The minimum Gasteiger partial charge on any atom is -0.496 e. The molecule has 1 unspecified atom stereocenters. The van der Waals surface area contributed by atoms with Crippen LogP contribution in [0.1, 0.15) is 29.6 Å². The van der Waals surface area contributed by atoms with Gasteiger partial charge in [-0.25, -0.2) is 4.39 Å². The Bertz CT molecular complexity index is 608. The molecule has 0 aliphatic carbocycles. The molecule has 132 valence electrons. The number of carboxylic acid groups (broad SMARTS) is 1. The predicted octanol–water partition coefficient (Wildman–Crippen LogP) is 1.85. The zero-order valence-corrected chi connectivity index (χ0v) is 14.0. The molecule has 0 saturated carbocycles. The number of carbonyl (C=O) groups excluding carboxylic acids is 1. The standard InChI is InChI=1S/C17H23FN2O4/c1-19(11-15(21)22)12-5-4-9-20(10-8-12)17(23)16-13(18)6-3-7-14(16)24-2/h3,6-7,12H,4-5,8-11H2,1-2H3,(H,21,22). The molecule has 1 heterocycles. The summed E-state index contributed by atoms with van der Waals surface area (Å²) in [6.07, 6.45) is 2.21. The van der Waals surface area contributed by atoms with Gasteiger partial charge in [0.15, 0.2) is 0 Å². The normalized spacial score (nSPS) is 18.3. The lowest BCUT2D eigenvalue weighted by molar-refractivity contribution is -0.138. The maximum Gasteiger partial charge on any atom is 0.317 e. The van der Waals surface area contributed by atoms with Crippen molar-refractivity contribution in [2.75, 3.05) is 33.8 Å². The van der Waals surface area contributed by atoms with Gasteiger partial charge in [0, 0.05) is 19.1 Å². The van der Waals surface area contributed by atoms with E-state index in [9.17, 15) is 14.0 Å². The van der Waals surface area contributed by atoms with Crippen molar-refractivity contribution < 1.29 is 23.8 Å². The molecule has 1 amide bonds. The number of likely N-dealkylation sites (tertiary alicyclic amines) is 1. The second-order valence-electron chi connectivity index (χ2n) is 6.00. The fraction of sp³-hybridized carbons (Fsp3) is 0.529. The van der Waals surface area contributed by atoms with Crippen LogP contribution in [0, 0.1) is 5.82 Å². The lowest BCUT2D eigenvalue weighted by atomic mass is 10.1. The zero-order valence-electron chi connectivity index (χ0n) is 14.0. The molecule has 0 bridgehead atoms. The highest BCUT2D eigenvalue weighted by Crippen LogP contribution is 2.25. The van der Waals surface area contributed by atoms with Crippen LogP contribution >= 0.6 is 0 Å². The molecule has 0 radical (unpaired) electrons. The number of methoxy groups -OCH3 is 1. The Labute approximate surface area is 140 Å². The molecular formula is C17H23FN2O4. The molecule has 24 heavy (non-hydrogen) atoms. The number of amides is 1. The lowest BCUT2D eigenvalue weighted by Gasteiger charge is -2.26. The third kappa shape index (κ3) is 4.23. The summed E-state index contributed by atoms with van der Waals surface area (Å²) in [5.41, 5.74) is -0.0441. The van der Waals surface area contributed by atoms with E-state index in [0.29, 0.717) is 19.5 Å². The number of aliphatic carboxylic acids is 1. The van der Waals surface area contributed by atoms with Crippen molar-refractivity contribution in [3.05, 3.63) is 29.6 Å². The summed E-state index contributed by atoms with van der Waals surface area (Å²) < 4.78 is 19.2. The summed E-state index contributed by atoms with van der Waals surface area (Å²) in [5, 5.41) is 8.90. The monoisotopic (exact) mass is 338 g/mol. The molecule has 1 fully saturated rings. The third-order valence-corrected chi connectivity index (χ3v) is 4.40. The van der Waals surface area contributed by atoms with Gasteiger partial charge in [0.2, 0.25) is 0 Å². The van der Waals surface area contributed by atoms with E-state index in [2.05, 4.69) is 0 Å². The molecule has 1 aromatic carbocycles. The Morgan fingerprint density at radius 1 is 1.38 bits per heavy atom. The van der Waals surface area contributed by atoms with E-state index in [0.717, 1.165) is 12.8 Å². The largest absolute Gasteiger partial charge is 0.496 e. The molecule has 7 heteroatoms. The second-order valence-corrected chi connectivity index (χ2v) is 6.00. The first-order valence-corrected chi connectivity index (χ1v) is 7.97. The van der Waals surface area contributed by atoms with E-state index in [1.54, 1.807) is 22.9 Å². The van der Waals surface area contributed by atoms with E-state index < -0.39 is 11.8 Å². The minimum atomic E-state index is -0.870. The van der Waals surface area contributed by atoms with Crippen LogP contribution in [0.4, 0.5) is 4.39 Å². The number of rotatable bonds is 5. The summed E-state index contributed by atoms with van der Waals surface area (Å²) in [6, 6.07) is 4.42. The van der Waals surface area contributed by atoms with E-state index in [1.807, 2.05) is 0 Å². The van der Waals surface area contributed by atoms with Crippen LogP contribution in [-0.2, 0) is 4.79 Å². The van der Waals surface area contributed by atoms with Crippen molar-refractivity contribution in [2.24, 2.45) is 0 Å². The van der Waals surface area contributed by atoms with Gasteiger partial charge in [0.25, 0.3) is 5.91 Å². The Kier molecular flexibility index (Phi) is 6.14. The van der Waals surface area contributed by atoms with Crippen LogP contribution in [0.25, 0.3) is 0 Å². The minimum absolute atomic E-state index is 0.0280. The highest BCUT2D eigenvalue weighted by molar-refractivity contribution is 5.97. The molecule has 1 aromatic rings. The number of likely N-dealkylation sites (N-methyl/N-ethyl adjacent to an activating group) is 1. The van der Waals surface area contributed by atoms with Crippen LogP contribution in [0.15, 0.2) is 18.2 Å². The molecule has 0 spiro atoms. The molecular weight excluding hydrogens is 315 g/mol. The summed E-state index contributed by atoms with van der Waals surface area (Å²) in [7, 11) is 3.18. The second kappa shape index (κ2) is 8.10. The molecule has 1 saturated heterocycles. The van der Waals surface area contributed by atoms with Crippen molar-refractivity contribution in [1.82, 2.24) is 9.80 Å². The number of nitrogens with zero attached hydrogens (tertiary/aromatic N) is 2. The number of hydrogen-bond donors (Lipinski definition) is 1. The average Bonchev–Trinajstić information content (AvgIpc) is 2.79. The van der Waals surface area contributed by atoms with Gasteiger partial charge in [-0.05, 0) is 38.4 Å². The maximum absolute atomic E-state index is 14.1. The van der Waals surface area contributed by atoms with Gasteiger partial charge in [-0.15, -0.1) is 0 Å². The molecule has 1 N–H and O–H groups in total. The number of halogens is 1. The van der Waals surface area contributed by atoms with Crippen molar-refractivity contribution in [1.29, 1.82) is 0 Å². The summed E-state index contributed by atoms with van der Waals surface area (Å²) >= 11 is 0. The Hall–Kier alpha value is -2.15. The molecule has 1 aliphatic heterocycles. The van der Waals surface area contributed by atoms with Gasteiger partial charge in [-0.2, -0.15) is 0 Å².